The van der Waals surface area contributed by atoms with Gasteiger partial charge in [-0.2, -0.15) is 0 Å². The van der Waals surface area contributed by atoms with Crippen molar-refractivity contribution >= 4 is 27.5 Å². The summed E-state index contributed by atoms with van der Waals surface area (Å²) in [6, 6.07) is 9.61. The summed E-state index contributed by atoms with van der Waals surface area (Å²) in [5.74, 6) is -0.238. The van der Waals surface area contributed by atoms with Crippen LogP contribution in [0.25, 0.3) is 0 Å². The summed E-state index contributed by atoms with van der Waals surface area (Å²) in [4.78, 5) is 15.8. The van der Waals surface area contributed by atoms with E-state index in [0.29, 0.717) is 15.9 Å². The van der Waals surface area contributed by atoms with Crippen molar-refractivity contribution in [2.45, 2.75) is 0 Å². The molecule has 0 bridgehead atoms. The normalized spacial score (nSPS) is 9.94. The van der Waals surface area contributed by atoms with Crippen molar-refractivity contribution in [2.75, 3.05) is 5.32 Å². The molecule has 0 fully saturated rings. The van der Waals surface area contributed by atoms with E-state index in [1.165, 1.54) is 12.1 Å². The summed E-state index contributed by atoms with van der Waals surface area (Å²) in [6.07, 6.45) is 1.62. The van der Waals surface area contributed by atoms with Crippen LogP contribution in [0.2, 0.25) is 0 Å². The van der Waals surface area contributed by atoms with E-state index in [4.69, 9.17) is 0 Å². The Morgan fingerprint density at radius 3 is 2.82 bits per heavy atom. The molecule has 1 amide bonds. The van der Waals surface area contributed by atoms with Gasteiger partial charge in [0, 0.05) is 11.8 Å². The van der Waals surface area contributed by atoms with E-state index in [1.54, 1.807) is 30.5 Å². The van der Waals surface area contributed by atoms with Crippen molar-refractivity contribution in [3.8, 4) is 5.75 Å². The van der Waals surface area contributed by atoms with Gasteiger partial charge >= 0.3 is 0 Å². The largest absolute Gasteiger partial charge is 0.508 e. The molecule has 0 atom stereocenters. The third-order valence-corrected chi connectivity index (χ3v) is 2.75. The molecule has 17 heavy (non-hydrogen) atoms. The number of pyridine rings is 1. The summed E-state index contributed by atoms with van der Waals surface area (Å²) in [6.45, 7) is 0. The molecule has 1 aromatic carbocycles. The highest BCUT2D eigenvalue weighted by molar-refractivity contribution is 9.10. The van der Waals surface area contributed by atoms with E-state index in [1.807, 2.05) is 0 Å². The van der Waals surface area contributed by atoms with Gasteiger partial charge in [0.05, 0.1) is 5.69 Å². The van der Waals surface area contributed by atoms with Crippen LogP contribution >= 0.6 is 15.9 Å². The summed E-state index contributed by atoms with van der Waals surface area (Å²) in [5.41, 5.74) is 0.974. The standard InChI is InChI=1S/C12H9BrN2O2/c13-11-10(5-2-6-14-11)15-12(17)8-3-1-4-9(16)7-8/h1-7,16H,(H,15,17). The van der Waals surface area contributed by atoms with Gasteiger partial charge in [-0.15, -0.1) is 0 Å². The van der Waals surface area contributed by atoms with E-state index < -0.39 is 0 Å². The number of phenols is 1. The van der Waals surface area contributed by atoms with Crippen molar-refractivity contribution < 1.29 is 9.90 Å². The molecule has 2 aromatic rings. The maximum atomic E-state index is 11.8. The van der Waals surface area contributed by atoms with E-state index >= 15 is 0 Å². The van der Waals surface area contributed by atoms with Crippen molar-refractivity contribution in [1.29, 1.82) is 0 Å². The minimum Gasteiger partial charge on any atom is -0.508 e. The van der Waals surface area contributed by atoms with Crippen LogP contribution in [-0.4, -0.2) is 16.0 Å². The number of halogens is 1. The van der Waals surface area contributed by atoms with Crippen molar-refractivity contribution in [1.82, 2.24) is 4.98 Å². The fraction of sp³-hybridized carbons (Fsp3) is 0. The van der Waals surface area contributed by atoms with Gasteiger partial charge in [0.15, 0.2) is 0 Å². The Kier molecular flexibility index (Phi) is 3.39. The molecule has 0 aliphatic carbocycles. The number of aromatic nitrogens is 1. The Labute approximate surface area is 106 Å². The van der Waals surface area contributed by atoms with Gasteiger partial charge in [0.1, 0.15) is 10.4 Å². The first kappa shape index (κ1) is 11.6. The highest BCUT2D eigenvalue weighted by Gasteiger charge is 2.08. The van der Waals surface area contributed by atoms with Crippen LogP contribution in [0.4, 0.5) is 5.69 Å². The molecule has 0 aliphatic rings. The average molecular weight is 293 g/mol. The van der Waals surface area contributed by atoms with Crippen molar-refractivity contribution in [3.63, 3.8) is 0 Å². The van der Waals surface area contributed by atoms with Gasteiger partial charge < -0.3 is 10.4 Å². The first-order valence-electron chi connectivity index (χ1n) is 4.88. The van der Waals surface area contributed by atoms with Gasteiger partial charge in [0.25, 0.3) is 5.91 Å². The number of carbonyl (C=O) groups is 1. The molecule has 2 rings (SSSR count). The Morgan fingerprint density at radius 2 is 2.12 bits per heavy atom. The topological polar surface area (TPSA) is 62.2 Å². The van der Waals surface area contributed by atoms with E-state index in [9.17, 15) is 9.90 Å². The van der Waals surface area contributed by atoms with Crippen LogP contribution in [0.15, 0.2) is 47.2 Å². The number of hydrogen-bond acceptors (Lipinski definition) is 3. The second kappa shape index (κ2) is 4.97. The SMILES string of the molecule is O=C(Nc1cccnc1Br)c1cccc(O)c1. The predicted molar refractivity (Wildman–Crippen MR) is 68.0 cm³/mol. The van der Waals surface area contributed by atoms with Gasteiger partial charge in [0.2, 0.25) is 0 Å². The average Bonchev–Trinajstić information content (AvgIpc) is 2.32. The molecular formula is C12H9BrN2O2. The predicted octanol–water partition coefficient (Wildman–Crippen LogP) is 2.80. The van der Waals surface area contributed by atoms with E-state index in [-0.39, 0.29) is 11.7 Å². The minimum absolute atomic E-state index is 0.0582. The number of carbonyl (C=O) groups excluding carboxylic acids is 1. The molecular weight excluding hydrogens is 284 g/mol. The molecule has 0 unspecified atom stereocenters. The zero-order valence-electron chi connectivity index (χ0n) is 8.72. The molecule has 0 radical (unpaired) electrons. The van der Waals surface area contributed by atoms with Gasteiger partial charge in [-0.1, -0.05) is 6.07 Å². The Hall–Kier alpha value is -1.88. The van der Waals surface area contributed by atoms with Crippen LogP contribution in [0.5, 0.6) is 5.75 Å². The molecule has 0 aliphatic heterocycles. The third-order valence-electron chi connectivity index (χ3n) is 2.12. The van der Waals surface area contributed by atoms with Crippen LogP contribution in [-0.2, 0) is 0 Å². The van der Waals surface area contributed by atoms with E-state index in [2.05, 4.69) is 26.2 Å². The number of nitrogens with one attached hydrogen (secondary N) is 1. The minimum atomic E-state index is -0.297. The molecule has 1 heterocycles. The summed E-state index contributed by atoms with van der Waals surface area (Å²) in [7, 11) is 0. The fourth-order valence-corrected chi connectivity index (χ4v) is 1.67. The lowest BCUT2D eigenvalue weighted by Crippen LogP contribution is -2.12. The maximum Gasteiger partial charge on any atom is 0.255 e. The highest BCUT2D eigenvalue weighted by Crippen LogP contribution is 2.19. The van der Waals surface area contributed by atoms with Crippen LogP contribution in [0.3, 0.4) is 0 Å². The quantitative estimate of drug-likeness (QED) is 0.837. The highest BCUT2D eigenvalue weighted by atomic mass is 79.9. The van der Waals surface area contributed by atoms with Crippen LogP contribution in [0.1, 0.15) is 10.4 Å². The maximum absolute atomic E-state index is 11.8. The monoisotopic (exact) mass is 292 g/mol. The van der Waals surface area contributed by atoms with Crippen molar-refractivity contribution in [3.05, 3.63) is 52.8 Å². The number of amides is 1. The zero-order valence-corrected chi connectivity index (χ0v) is 10.3. The second-order valence-corrected chi connectivity index (χ2v) is 4.10. The Balaban J connectivity index is 2.20. The molecule has 5 heteroatoms. The van der Waals surface area contributed by atoms with Gasteiger partial charge in [-0.05, 0) is 46.3 Å². The number of aromatic hydroxyl groups is 1. The second-order valence-electron chi connectivity index (χ2n) is 3.35. The smallest absolute Gasteiger partial charge is 0.255 e. The third kappa shape index (κ3) is 2.82. The number of rotatable bonds is 2. The summed E-state index contributed by atoms with van der Waals surface area (Å²) >= 11 is 3.24. The Bertz CT molecular complexity index is 558. The summed E-state index contributed by atoms with van der Waals surface area (Å²) in [5, 5.41) is 12.0. The molecule has 4 nitrogen and oxygen atoms in total. The first-order chi connectivity index (χ1) is 8.16. The zero-order chi connectivity index (χ0) is 12.3. The number of hydrogen-bond donors (Lipinski definition) is 2. The molecule has 0 saturated carbocycles. The lowest BCUT2D eigenvalue weighted by Gasteiger charge is -2.06. The molecule has 1 aromatic heterocycles. The molecule has 0 saturated heterocycles. The van der Waals surface area contributed by atoms with Gasteiger partial charge in [-0.25, -0.2) is 4.98 Å². The first-order valence-corrected chi connectivity index (χ1v) is 5.67. The number of benzene rings is 1. The molecule has 86 valence electrons. The molecule has 0 spiro atoms. The molecule has 2 N–H and O–H groups in total. The van der Waals surface area contributed by atoms with Crippen molar-refractivity contribution in [2.24, 2.45) is 0 Å². The number of phenolic OH excluding ortho intramolecular Hbond substituents is 1. The lowest BCUT2D eigenvalue weighted by atomic mass is 10.2. The van der Waals surface area contributed by atoms with E-state index in [0.717, 1.165) is 0 Å². The lowest BCUT2D eigenvalue weighted by molar-refractivity contribution is 0.102. The van der Waals surface area contributed by atoms with Gasteiger partial charge in [-0.3, -0.25) is 4.79 Å². The van der Waals surface area contributed by atoms with Crippen LogP contribution in [0, 0.1) is 0 Å². The Morgan fingerprint density at radius 1 is 1.29 bits per heavy atom. The number of nitrogens with zero attached hydrogens (tertiary/aromatic N) is 1. The fourth-order valence-electron chi connectivity index (χ4n) is 1.32. The summed E-state index contributed by atoms with van der Waals surface area (Å²) < 4.78 is 0.563. The number of anilines is 1. The van der Waals surface area contributed by atoms with Crippen LogP contribution < -0.4 is 5.32 Å².